The van der Waals surface area contributed by atoms with Crippen LogP contribution in [-0.4, -0.2) is 17.3 Å². The minimum absolute atomic E-state index is 0.290. The molecule has 0 aliphatic rings. The number of hydrogen-bond donors (Lipinski definition) is 2. The zero-order chi connectivity index (χ0) is 10.8. The Morgan fingerprint density at radius 3 is 3.07 bits per heavy atom. The van der Waals surface area contributed by atoms with Crippen molar-refractivity contribution in [3.8, 4) is 0 Å². The monoisotopic (exact) mass is 205 g/mol. The van der Waals surface area contributed by atoms with Gasteiger partial charge in [-0.2, -0.15) is 0 Å². The fourth-order valence-corrected chi connectivity index (χ4v) is 1.61. The number of aromatic nitrogens is 1. The Kier molecular flexibility index (Phi) is 2.51. The molecule has 0 aliphatic carbocycles. The van der Waals surface area contributed by atoms with Crippen molar-refractivity contribution in [1.29, 1.82) is 0 Å². The van der Waals surface area contributed by atoms with Gasteiger partial charge in [0.15, 0.2) is 0 Å². The lowest BCUT2D eigenvalue weighted by Crippen LogP contribution is -2.23. The molecular formula is C11H10FN2O. The zero-order valence-corrected chi connectivity index (χ0v) is 7.96. The lowest BCUT2D eigenvalue weighted by atomic mass is 10.1. The molecule has 77 valence electrons. The summed E-state index contributed by atoms with van der Waals surface area (Å²) in [5.74, 6) is -0.290. The molecule has 1 aromatic carbocycles. The molecule has 15 heavy (non-hydrogen) atoms. The van der Waals surface area contributed by atoms with Crippen LogP contribution in [0, 0.1) is 5.82 Å². The predicted octanol–water partition coefficient (Wildman–Crippen LogP) is 1.29. The highest BCUT2D eigenvalue weighted by Gasteiger charge is 2.08. The first kappa shape index (κ1) is 9.86. The van der Waals surface area contributed by atoms with Gasteiger partial charge in [-0.25, -0.2) is 4.39 Å². The van der Waals surface area contributed by atoms with Crippen molar-refractivity contribution < 1.29 is 9.18 Å². The summed E-state index contributed by atoms with van der Waals surface area (Å²) in [5, 5.41) is 0.891. The van der Waals surface area contributed by atoms with Crippen LogP contribution >= 0.6 is 0 Å². The van der Waals surface area contributed by atoms with Crippen LogP contribution < -0.4 is 5.73 Å². The molecule has 0 saturated carbocycles. The molecule has 3 nitrogen and oxygen atoms in total. The minimum atomic E-state index is -0.631. The van der Waals surface area contributed by atoms with Crippen molar-refractivity contribution in [2.24, 2.45) is 5.73 Å². The number of rotatable bonds is 3. The van der Waals surface area contributed by atoms with Gasteiger partial charge in [0, 0.05) is 17.1 Å². The Morgan fingerprint density at radius 2 is 2.33 bits per heavy atom. The van der Waals surface area contributed by atoms with Crippen LogP contribution in [0.2, 0.25) is 0 Å². The summed E-state index contributed by atoms with van der Waals surface area (Å²) in [6.07, 6.45) is 3.87. The second-order valence-corrected chi connectivity index (χ2v) is 3.43. The highest BCUT2D eigenvalue weighted by molar-refractivity contribution is 5.83. The van der Waals surface area contributed by atoms with Gasteiger partial charge in [-0.3, -0.25) is 4.79 Å². The summed E-state index contributed by atoms with van der Waals surface area (Å²) in [7, 11) is 0. The maximum Gasteiger partial charge on any atom is 0.217 e. The molecule has 2 rings (SSSR count). The van der Waals surface area contributed by atoms with E-state index in [2.05, 4.69) is 4.98 Å². The van der Waals surface area contributed by atoms with E-state index in [4.69, 9.17) is 5.73 Å². The largest absolute Gasteiger partial charge is 0.361 e. The lowest BCUT2D eigenvalue weighted by Gasteiger charge is -2.00. The van der Waals surface area contributed by atoms with E-state index in [-0.39, 0.29) is 5.82 Å². The molecule has 1 atom stereocenters. The number of H-pyrrole nitrogens is 1. The highest BCUT2D eigenvalue weighted by Crippen LogP contribution is 2.19. The molecule has 0 spiro atoms. The van der Waals surface area contributed by atoms with E-state index in [1.165, 1.54) is 12.1 Å². The van der Waals surface area contributed by atoms with Gasteiger partial charge >= 0.3 is 0 Å². The summed E-state index contributed by atoms with van der Waals surface area (Å²) in [6.45, 7) is 0. The smallest absolute Gasteiger partial charge is 0.217 e. The fraction of sp³-hybridized carbons (Fsp3) is 0.182. The standard InChI is InChI=1S/C11H10FN2O/c12-8-1-2-10-7(3-9(13)6-15)5-14-11(10)4-8/h1-2,4-5,9,14H,3,13H2/t9-/m1/s1. The Labute approximate surface area is 86.1 Å². The van der Waals surface area contributed by atoms with Gasteiger partial charge < -0.3 is 10.7 Å². The van der Waals surface area contributed by atoms with Gasteiger partial charge in [0.05, 0.1) is 6.04 Å². The summed E-state index contributed by atoms with van der Waals surface area (Å²) >= 11 is 0. The summed E-state index contributed by atoms with van der Waals surface area (Å²) in [4.78, 5) is 13.2. The maximum absolute atomic E-state index is 12.9. The predicted molar refractivity (Wildman–Crippen MR) is 55.6 cm³/mol. The first-order chi connectivity index (χ1) is 7.20. The van der Waals surface area contributed by atoms with Gasteiger partial charge in [0.25, 0.3) is 0 Å². The number of nitrogens with one attached hydrogen (secondary N) is 1. The Hall–Kier alpha value is -1.68. The van der Waals surface area contributed by atoms with E-state index in [0.29, 0.717) is 11.9 Å². The Morgan fingerprint density at radius 1 is 1.53 bits per heavy atom. The van der Waals surface area contributed by atoms with Crippen molar-refractivity contribution >= 4 is 17.2 Å². The van der Waals surface area contributed by atoms with Gasteiger partial charge in [0.1, 0.15) is 5.82 Å². The number of carbonyl (C=O) groups excluding carboxylic acids is 1. The van der Waals surface area contributed by atoms with E-state index in [9.17, 15) is 9.18 Å². The molecule has 0 amide bonds. The fourth-order valence-electron chi connectivity index (χ4n) is 1.61. The average molecular weight is 205 g/mol. The highest BCUT2D eigenvalue weighted by atomic mass is 19.1. The van der Waals surface area contributed by atoms with Gasteiger partial charge in [-0.05, 0) is 30.2 Å². The molecular weight excluding hydrogens is 195 g/mol. The number of halogens is 1. The van der Waals surface area contributed by atoms with Crippen LogP contribution in [0.15, 0.2) is 24.4 Å². The van der Waals surface area contributed by atoms with Crippen LogP contribution in [0.25, 0.3) is 10.9 Å². The SMILES string of the molecule is N[C@@H]([C]=O)Cc1c[nH]c2cc(F)ccc12. The van der Waals surface area contributed by atoms with Crippen LogP contribution in [0.3, 0.4) is 0 Å². The van der Waals surface area contributed by atoms with Gasteiger partial charge in [-0.15, -0.1) is 0 Å². The van der Waals surface area contributed by atoms with Gasteiger partial charge in [-0.1, -0.05) is 0 Å². The number of nitrogens with two attached hydrogens (primary N) is 1. The third-order valence-electron chi connectivity index (χ3n) is 2.32. The average Bonchev–Trinajstić information content (AvgIpc) is 2.60. The van der Waals surface area contributed by atoms with Crippen molar-refractivity contribution in [3.63, 3.8) is 0 Å². The number of aromatic amines is 1. The second kappa shape index (κ2) is 3.82. The van der Waals surface area contributed by atoms with Crippen molar-refractivity contribution in [3.05, 3.63) is 35.8 Å². The number of hydrogen-bond acceptors (Lipinski definition) is 2. The quantitative estimate of drug-likeness (QED) is 0.793. The molecule has 0 saturated heterocycles. The first-order valence-corrected chi connectivity index (χ1v) is 4.59. The van der Waals surface area contributed by atoms with Crippen LogP contribution in [-0.2, 0) is 11.2 Å². The van der Waals surface area contributed by atoms with E-state index in [0.717, 1.165) is 10.9 Å². The van der Waals surface area contributed by atoms with Gasteiger partial charge in [0.2, 0.25) is 6.29 Å². The van der Waals surface area contributed by atoms with E-state index < -0.39 is 6.04 Å². The van der Waals surface area contributed by atoms with Crippen LogP contribution in [0.4, 0.5) is 4.39 Å². The third-order valence-corrected chi connectivity index (χ3v) is 2.32. The topological polar surface area (TPSA) is 58.9 Å². The van der Waals surface area contributed by atoms with E-state index in [1.54, 1.807) is 18.5 Å². The van der Waals surface area contributed by atoms with E-state index in [1.807, 2.05) is 0 Å². The Balaban J connectivity index is 2.40. The zero-order valence-electron chi connectivity index (χ0n) is 7.96. The first-order valence-electron chi connectivity index (χ1n) is 4.59. The molecule has 1 radical (unpaired) electrons. The van der Waals surface area contributed by atoms with Crippen LogP contribution in [0.5, 0.6) is 0 Å². The minimum Gasteiger partial charge on any atom is -0.361 e. The number of fused-ring (bicyclic) bond motifs is 1. The summed E-state index contributed by atoms with van der Waals surface area (Å²) in [5.41, 5.74) is 7.09. The van der Waals surface area contributed by atoms with E-state index >= 15 is 0 Å². The summed E-state index contributed by atoms with van der Waals surface area (Å²) in [6, 6.07) is 3.84. The lowest BCUT2D eigenvalue weighted by molar-refractivity contribution is 0.541. The molecule has 0 unspecified atom stereocenters. The number of benzene rings is 1. The molecule has 3 N–H and O–H groups in total. The van der Waals surface area contributed by atoms with Crippen molar-refractivity contribution in [1.82, 2.24) is 4.98 Å². The summed E-state index contributed by atoms with van der Waals surface area (Å²) < 4.78 is 12.9. The normalized spacial score (nSPS) is 12.9. The van der Waals surface area contributed by atoms with Crippen LogP contribution in [0.1, 0.15) is 5.56 Å². The maximum atomic E-state index is 12.9. The molecule has 2 aromatic rings. The third kappa shape index (κ3) is 1.89. The molecule has 0 aliphatic heterocycles. The molecule has 1 aromatic heterocycles. The molecule has 0 bridgehead atoms. The molecule has 4 heteroatoms. The van der Waals surface area contributed by atoms with Crippen molar-refractivity contribution in [2.75, 3.05) is 0 Å². The molecule has 1 heterocycles. The second-order valence-electron chi connectivity index (χ2n) is 3.43. The van der Waals surface area contributed by atoms with Crippen molar-refractivity contribution in [2.45, 2.75) is 12.5 Å². The molecule has 0 fully saturated rings. The Bertz CT molecular complexity index is 492.